The van der Waals surface area contributed by atoms with Gasteiger partial charge in [0.2, 0.25) is 0 Å². The van der Waals surface area contributed by atoms with E-state index in [1.54, 1.807) is 12.1 Å². The Balaban J connectivity index is 1.55. The van der Waals surface area contributed by atoms with Crippen LogP contribution in [0.1, 0.15) is 12.8 Å². The molecule has 2 rings (SSSR count). The van der Waals surface area contributed by atoms with Gasteiger partial charge in [0.05, 0.1) is 6.10 Å². The zero-order valence-electron chi connectivity index (χ0n) is 9.82. The lowest BCUT2D eigenvalue weighted by Crippen LogP contribution is -2.11. The van der Waals surface area contributed by atoms with Crippen molar-refractivity contribution in [1.82, 2.24) is 0 Å². The fourth-order valence-electron chi connectivity index (χ4n) is 1.83. The van der Waals surface area contributed by atoms with Crippen molar-refractivity contribution in [3.63, 3.8) is 0 Å². The molecule has 0 saturated carbocycles. The Labute approximate surface area is 106 Å². The average molecular weight is 255 g/mol. The lowest BCUT2D eigenvalue weighted by Gasteiger charge is -2.09. The van der Waals surface area contributed by atoms with Gasteiger partial charge < -0.3 is 10.1 Å². The number of rotatable bonds is 6. The first-order valence-electron chi connectivity index (χ1n) is 6.03. The number of hydrogen-bond donors (Lipinski definition) is 1. The summed E-state index contributed by atoms with van der Waals surface area (Å²) in [5, 5.41) is 3.27. The predicted octanol–water partition coefficient (Wildman–Crippen LogP) is 3.15. The second-order valence-electron chi connectivity index (χ2n) is 4.14. The molecule has 1 aromatic carbocycles. The maximum absolute atomic E-state index is 12.7. The first-order valence-corrected chi connectivity index (χ1v) is 7.19. The number of halogens is 1. The molecule has 1 atom stereocenters. The molecule has 1 unspecified atom stereocenters. The number of ether oxygens (including phenoxy) is 1. The molecule has 0 bridgehead atoms. The summed E-state index contributed by atoms with van der Waals surface area (Å²) >= 11 is 1.91. The Kier molecular flexibility index (Phi) is 5.13. The van der Waals surface area contributed by atoms with Crippen LogP contribution in [0.4, 0.5) is 10.1 Å². The van der Waals surface area contributed by atoms with Crippen LogP contribution in [0.25, 0.3) is 0 Å². The Morgan fingerprint density at radius 3 is 2.88 bits per heavy atom. The number of anilines is 1. The lowest BCUT2D eigenvalue weighted by molar-refractivity contribution is 0.129. The van der Waals surface area contributed by atoms with Gasteiger partial charge in [-0.1, -0.05) is 0 Å². The minimum Gasteiger partial charge on any atom is -0.384 e. The molecular formula is C13H18FNOS. The molecule has 0 aromatic heterocycles. The average Bonchev–Trinajstić information content (AvgIpc) is 2.84. The maximum Gasteiger partial charge on any atom is 0.123 e. The third-order valence-corrected chi connectivity index (χ3v) is 3.85. The van der Waals surface area contributed by atoms with E-state index in [4.69, 9.17) is 4.74 Å². The van der Waals surface area contributed by atoms with Crippen molar-refractivity contribution in [2.24, 2.45) is 0 Å². The van der Waals surface area contributed by atoms with Gasteiger partial charge in [-0.25, -0.2) is 4.39 Å². The SMILES string of the molecule is Fc1ccc(NCCSCC2CCCO2)cc1. The van der Waals surface area contributed by atoms with Crippen LogP contribution < -0.4 is 5.32 Å². The van der Waals surface area contributed by atoms with Crippen LogP contribution in [0.2, 0.25) is 0 Å². The summed E-state index contributed by atoms with van der Waals surface area (Å²) in [4.78, 5) is 0. The first-order chi connectivity index (χ1) is 8.34. The van der Waals surface area contributed by atoms with Crippen molar-refractivity contribution in [3.8, 4) is 0 Å². The molecule has 1 N–H and O–H groups in total. The van der Waals surface area contributed by atoms with Gasteiger partial charge in [-0.15, -0.1) is 0 Å². The van der Waals surface area contributed by atoms with E-state index in [1.807, 2.05) is 11.8 Å². The smallest absolute Gasteiger partial charge is 0.123 e. The van der Waals surface area contributed by atoms with Gasteiger partial charge in [-0.05, 0) is 37.1 Å². The maximum atomic E-state index is 12.7. The minimum absolute atomic E-state index is 0.191. The minimum atomic E-state index is -0.191. The Hall–Kier alpha value is -0.740. The van der Waals surface area contributed by atoms with Gasteiger partial charge in [0, 0.05) is 30.3 Å². The molecule has 1 fully saturated rings. The van der Waals surface area contributed by atoms with E-state index >= 15 is 0 Å². The predicted molar refractivity (Wildman–Crippen MR) is 71.2 cm³/mol. The molecule has 1 heterocycles. The fraction of sp³-hybridized carbons (Fsp3) is 0.538. The van der Waals surface area contributed by atoms with Gasteiger partial charge in [-0.2, -0.15) is 11.8 Å². The van der Waals surface area contributed by atoms with Crippen molar-refractivity contribution in [2.45, 2.75) is 18.9 Å². The van der Waals surface area contributed by atoms with Gasteiger partial charge in [-0.3, -0.25) is 0 Å². The number of benzene rings is 1. The van der Waals surface area contributed by atoms with Crippen molar-refractivity contribution < 1.29 is 9.13 Å². The highest BCUT2D eigenvalue weighted by Crippen LogP contribution is 2.17. The monoisotopic (exact) mass is 255 g/mol. The van der Waals surface area contributed by atoms with Crippen molar-refractivity contribution in [2.75, 3.05) is 30.0 Å². The molecule has 1 aliphatic heterocycles. The molecule has 2 nitrogen and oxygen atoms in total. The molecule has 94 valence electrons. The normalized spacial score (nSPS) is 19.5. The van der Waals surface area contributed by atoms with Crippen molar-refractivity contribution in [3.05, 3.63) is 30.1 Å². The van der Waals surface area contributed by atoms with E-state index in [0.29, 0.717) is 6.10 Å². The Morgan fingerprint density at radius 2 is 2.18 bits per heavy atom. The summed E-state index contributed by atoms with van der Waals surface area (Å²) in [7, 11) is 0. The van der Waals surface area contributed by atoms with Gasteiger partial charge in [0.1, 0.15) is 5.82 Å². The fourth-order valence-corrected chi connectivity index (χ4v) is 2.76. The zero-order valence-corrected chi connectivity index (χ0v) is 10.6. The van der Waals surface area contributed by atoms with E-state index in [-0.39, 0.29) is 5.82 Å². The highest BCUT2D eigenvalue weighted by molar-refractivity contribution is 7.99. The summed E-state index contributed by atoms with van der Waals surface area (Å²) in [6.45, 7) is 1.84. The van der Waals surface area contributed by atoms with Crippen LogP contribution in [0.5, 0.6) is 0 Å². The molecule has 0 spiro atoms. The van der Waals surface area contributed by atoms with Gasteiger partial charge in [0.15, 0.2) is 0 Å². The number of nitrogens with one attached hydrogen (secondary N) is 1. The summed E-state index contributed by atoms with van der Waals surface area (Å²) in [5.41, 5.74) is 0.976. The van der Waals surface area contributed by atoms with E-state index < -0.39 is 0 Å². The molecule has 4 heteroatoms. The highest BCUT2D eigenvalue weighted by Gasteiger charge is 2.14. The Bertz CT molecular complexity index is 325. The van der Waals surface area contributed by atoms with Crippen LogP contribution in [-0.4, -0.2) is 30.8 Å². The molecule has 1 aliphatic rings. The van der Waals surface area contributed by atoms with Crippen LogP contribution in [0.15, 0.2) is 24.3 Å². The topological polar surface area (TPSA) is 21.3 Å². The Morgan fingerprint density at radius 1 is 1.35 bits per heavy atom. The van der Waals surface area contributed by atoms with Crippen LogP contribution in [-0.2, 0) is 4.74 Å². The van der Waals surface area contributed by atoms with Crippen molar-refractivity contribution >= 4 is 17.4 Å². The largest absolute Gasteiger partial charge is 0.384 e. The van der Waals surface area contributed by atoms with Crippen molar-refractivity contribution in [1.29, 1.82) is 0 Å². The molecule has 0 aliphatic carbocycles. The number of hydrogen-bond acceptors (Lipinski definition) is 3. The van der Waals surface area contributed by atoms with Crippen LogP contribution in [0, 0.1) is 5.82 Å². The molecule has 0 radical (unpaired) electrons. The lowest BCUT2D eigenvalue weighted by atomic mass is 10.3. The summed E-state index contributed by atoms with van der Waals surface area (Å²) in [5.74, 6) is 1.95. The van der Waals surface area contributed by atoms with E-state index in [0.717, 1.165) is 30.3 Å². The van der Waals surface area contributed by atoms with E-state index in [2.05, 4.69) is 5.32 Å². The quantitative estimate of drug-likeness (QED) is 0.789. The highest BCUT2D eigenvalue weighted by atomic mass is 32.2. The summed E-state index contributed by atoms with van der Waals surface area (Å²) < 4.78 is 18.2. The molecule has 17 heavy (non-hydrogen) atoms. The van der Waals surface area contributed by atoms with E-state index in [9.17, 15) is 4.39 Å². The zero-order chi connectivity index (χ0) is 11.9. The van der Waals surface area contributed by atoms with Gasteiger partial charge >= 0.3 is 0 Å². The third-order valence-electron chi connectivity index (χ3n) is 2.75. The summed E-state index contributed by atoms with van der Waals surface area (Å²) in [6.07, 6.45) is 2.88. The first kappa shape index (κ1) is 12.7. The van der Waals surface area contributed by atoms with Crippen LogP contribution in [0.3, 0.4) is 0 Å². The number of thioether (sulfide) groups is 1. The van der Waals surface area contributed by atoms with E-state index in [1.165, 1.54) is 25.0 Å². The summed E-state index contributed by atoms with van der Waals surface area (Å²) in [6, 6.07) is 6.48. The van der Waals surface area contributed by atoms with Gasteiger partial charge in [0.25, 0.3) is 0 Å². The second-order valence-corrected chi connectivity index (χ2v) is 5.29. The molecule has 1 saturated heterocycles. The molecule has 0 amide bonds. The van der Waals surface area contributed by atoms with Crippen LogP contribution >= 0.6 is 11.8 Å². The second kappa shape index (κ2) is 6.87. The molecular weight excluding hydrogens is 237 g/mol. The molecule has 1 aromatic rings. The standard InChI is InChI=1S/C13H18FNOS/c14-11-3-5-12(6-4-11)15-7-9-17-10-13-2-1-8-16-13/h3-6,13,15H,1-2,7-10H2. The third kappa shape index (κ3) is 4.56.